The van der Waals surface area contributed by atoms with Gasteiger partial charge in [0, 0.05) is 31.2 Å². The molecule has 0 amide bonds. The van der Waals surface area contributed by atoms with Crippen molar-refractivity contribution in [3.63, 3.8) is 0 Å². The highest BCUT2D eigenvalue weighted by Crippen LogP contribution is 2.42. The maximum atomic E-state index is 13.8. The van der Waals surface area contributed by atoms with Crippen molar-refractivity contribution in [3.05, 3.63) is 82.9 Å². The largest absolute Gasteiger partial charge is 0.418 e. The number of para-hydroxylation sites is 1. The van der Waals surface area contributed by atoms with E-state index in [-0.39, 0.29) is 17.8 Å². The van der Waals surface area contributed by atoms with Gasteiger partial charge < -0.3 is 19.5 Å². The molecule has 0 radical (unpaired) electrons. The summed E-state index contributed by atoms with van der Waals surface area (Å²) in [6.07, 6.45) is -2.74. The van der Waals surface area contributed by atoms with Crippen LogP contribution in [0.5, 0.6) is 0 Å². The number of hydrogen-bond donors (Lipinski definition) is 1. The molecule has 3 aromatic rings. The Hall–Kier alpha value is -2.91. The van der Waals surface area contributed by atoms with Gasteiger partial charge in [0.1, 0.15) is 0 Å². The highest BCUT2D eigenvalue weighted by molar-refractivity contribution is 7.80. The third-order valence-electron chi connectivity index (χ3n) is 5.97. The van der Waals surface area contributed by atoms with E-state index in [0.717, 1.165) is 23.0 Å². The zero-order valence-corrected chi connectivity index (χ0v) is 19.4. The van der Waals surface area contributed by atoms with Gasteiger partial charge >= 0.3 is 6.18 Å². The first-order valence-corrected chi connectivity index (χ1v) is 11.0. The Labute approximate surface area is 196 Å². The van der Waals surface area contributed by atoms with Crippen LogP contribution in [0.15, 0.2) is 54.7 Å². The van der Waals surface area contributed by atoms with Gasteiger partial charge in [-0.1, -0.05) is 18.2 Å². The fourth-order valence-corrected chi connectivity index (χ4v) is 4.87. The number of thiocarbonyl (C=S) groups is 1. The first-order chi connectivity index (χ1) is 15.7. The van der Waals surface area contributed by atoms with Crippen LogP contribution in [0, 0.1) is 13.8 Å². The van der Waals surface area contributed by atoms with Gasteiger partial charge in [-0.15, -0.1) is 0 Å². The van der Waals surface area contributed by atoms with E-state index in [2.05, 4.69) is 10.3 Å². The number of rotatable bonds is 6. The number of aryl methyl sites for hydroxylation is 1. The van der Waals surface area contributed by atoms with Gasteiger partial charge in [0.2, 0.25) is 0 Å². The van der Waals surface area contributed by atoms with Crippen LogP contribution < -0.4 is 5.32 Å². The number of hydrogen-bond acceptors (Lipinski definition) is 3. The SMILES string of the molecule is COCCN1C(=S)N[C@H](c2ccccn2)[C@H]1c1cc(C)n(-c2ccccc2C(F)(F)F)c1C. The number of halogens is 3. The van der Waals surface area contributed by atoms with Crippen molar-refractivity contribution in [1.29, 1.82) is 0 Å². The first-order valence-electron chi connectivity index (χ1n) is 10.6. The van der Waals surface area contributed by atoms with Gasteiger partial charge in [-0.05, 0) is 62.0 Å². The zero-order chi connectivity index (χ0) is 23.8. The average molecular weight is 475 g/mol. The molecule has 33 heavy (non-hydrogen) atoms. The molecule has 2 atom stereocenters. The molecule has 0 unspecified atom stereocenters. The lowest BCUT2D eigenvalue weighted by Gasteiger charge is -2.28. The number of nitrogens with zero attached hydrogens (tertiary/aromatic N) is 3. The third-order valence-corrected chi connectivity index (χ3v) is 6.33. The molecule has 2 aromatic heterocycles. The van der Waals surface area contributed by atoms with Gasteiger partial charge in [0.05, 0.1) is 35.6 Å². The smallest absolute Gasteiger partial charge is 0.383 e. The molecule has 1 aromatic carbocycles. The summed E-state index contributed by atoms with van der Waals surface area (Å²) in [5.41, 5.74) is 2.58. The lowest BCUT2D eigenvalue weighted by Crippen LogP contribution is -2.32. The summed E-state index contributed by atoms with van der Waals surface area (Å²) < 4.78 is 48.3. The maximum absolute atomic E-state index is 13.8. The van der Waals surface area contributed by atoms with Crippen molar-refractivity contribution in [2.75, 3.05) is 20.3 Å². The van der Waals surface area contributed by atoms with Crippen LogP contribution in [0.3, 0.4) is 0 Å². The van der Waals surface area contributed by atoms with Crippen molar-refractivity contribution in [1.82, 2.24) is 19.8 Å². The van der Waals surface area contributed by atoms with Gasteiger partial charge in [-0.2, -0.15) is 13.2 Å². The molecular formula is C24H25F3N4OS. The van der Waals surface area contributed by atoms with Crippen molar-refractivity contribution < 1.29 is 17.9 Å². The Balaban J connectivity index is 1.86. The van der Waals surface area contributed by atoms with E-state index < -0.39 is 11.7 Å². The number of benzene rings is 1. The van der Waals surface area contributed by atoms with Crippen LogP contribution in [-0.4, -0.2) is 39.8 Å². The molecule has 4 rings (SSSR count). The topological polar surface area (TPSA) is 42.3 Å². The number of aromatic nitrogens is 2. The standard InChI is InChI=1S/C24H25F3N4OS/c1-15-14-17(16(2)31(15)20-10-5-4-8-18(20)24(25,26)27)22-21(19-9-6-7-11-28-19)29-23(33)30(22)12-13-32-3/h4-11,14,21-22H,12-13H2,1-3H3,(H,29,33)/t21-,22-/m1/s1. The molecule has 0 bridgehead atoms. The summed E-state index contributed by atoms with van der Waals surface area (Å²) >= 11 is 5.63. The number of nitrogens with one attached hydrogen (secondary N) is 1. The molecule has 0 spiro atoms. The van der Waals surface area contributed by atoms with Crippen molar-refractivity contribution in [2.24, 2.45) is 0 Å². The average Bonchev–Trinajstić information content (AvgIpc) is 3.27. The van der Waals surface area contributed by atoms with Crippen LogP contribution in [0.2, 0.25) is 0 Å². The Morgan fingerprint density at radius 1 is 1.12 bits per heavy atom. The molecule has 3 heterocycles. The van der Waals surface area contributed by atoms with E-state index in [0.29, 0.717) is 24.0 Å². The molecule has 1 aliphatic rings. The minimum Gasteiger partial charge on any atom is -0.383 e. The van der Waals surface area contributed by atoms with E-state index in [4.69, 9.17) is 17.0 Å². The summed E-state index contributed by atoms with van der Waals surface area (Å²) in [5, 5.41) is 3.92. The molecule has 1 fully saturated rings. The molecular weight excluding hydrogens is 449 g/mol. The second kappa shape index (κ2) is 9.15. The zero-order valence-electron chi connectivity index (χ0n) is 18.6. The highest BCUT2D eigenvalue weighted by atomic mass is 32.1. The summed E-state index contributed by atoms with van der Waals surface area (Å²) in [5.74, 6) is 0. The van der Waals surface area contributed by atoms with Crippen molar-refractivity contribution in [2.45, 2.75) is 32.1 Å². The maximum Gasteiger partial charge on any atom is 0.418 e. The molecule has 174 valence electrons. The Kier molecular flexibility index (Phi) is 6.45. The van der Waals surface area contributed by atoms with Crippen LogP contribution in [-0.2, 0) is 10.9 Å². The third kappa shape index (κ3) is 4.35. The molecule has 9 heteroatoms. The van der Waals surface area contributed by atoms with Crippen LogP contribution >= 0.6 is 12.2 Å². The second-order valence-corrected chi connectivity index (χ2v) is 8.38. The van der Waals surface area contributed by atoms with Crippen LogP contribution in [0.25, 0.3) is 5.69 Å². The summed E-state index contributed by atoms with van der Waals surface area (Å²) in [4.78, 5) is 6.54. The second-order valence-electron chi connectivity index (χ2n) is 7.99. The van der Waals surface area contributed by atoms with E-state index in [9.17, 15) is 13.2 Å². The van der Waals surface area contributed by atoms with Gasteiger partial charge in [-0.3, -0.25) is 4.98 Å². The fourth-order valence-electron chi connectivity index (χ4n) is 4.54. The minimum atomic E-state index is -4.46. The quantitative estimate of drug-likeness (QED) is 0.502. The number of pyridine rings is 1. The predicted molar refractivity (Wildman–Crippen MR) is 124 cm³/mol. The van der Waals surface area contributed by atoms with E-state index >= 15 is 0 Å². The van der Waals surface area contributed by atoms with Crippen molar-refractivity contribution in [3.8, 4) is 5.69 Å². The molecule has 5 nitrogen and oxygen atoms in total. The van der Waals surface area contributed by atoms with Gasteiger partial charge in [0.15, 0.2) is 5.11 Å². The molecule has 1 aliphatic heterocycles. The summed E-state index contributed by atoms with van der Waals surface area (Å²) in [7, 11) is 1.62. The van der Waals surface area contributed by atoms with E-state index in [1.165, 1.54) is 12.1 Å². The van der Waals surface area contributed by atoms with Gasteiger partial charge in [0.25, 0.3) is 0 Å². The lowest BCUT2D eigenvalue weighted by atomic mass is 9.97. The number of methoxy groups -OCH3 is 1. The molecule has 1 N–H and O–H groups in total. The fraction of sp³-hybridized carbons (Fsp3) is 0.333. The number of alkyl halides is 3. The Morgan fingerprint density at radius 2 is 1.85 bits per heavy atom. The molecule has 1 saturated heterocycles. The summed E-state index contributed by atoms with van der Waals surface area (Å²) in [6, 6.07) is 12.8. The van der Waals surface area contributed by atoms with Gasteiger partial charge in [-0.25, -0.2) is 0 Å². The minimum absolute atomic E-state index is 0.109. The monoisotopic (exact) mass is 474 g/mol. The van der Waals surface area contributed by atoms with E-state index in [1.54, 1.807) is 23.9 Å². The van der Waals surface area contributed by atoms with Crippen LogP contribution in [0.4, 0.5) is 13.2 Å². The molecule has 0 saturated carbocycles. The molecule has 0 aliphatic carbocycles. The van der Waals surface area contributed by atoms with Crippen LogP contribution in [0.1, 0.15) is 40.3 Å². The Morgan fingerprint density at radius 3 is 2.52 bits per heavy atom. The Bertz CT molecular complexity index is 1150. The highest BCUT2D eigenvalue weighted by Gasteiger charge is 2.41. The van der Waals surface area contributed by atoms with Crippen molar-refractivity contribution >= 4 is 17.3 Å². The summed E-state index contributed by atoms with van der Waals surface area (Å²) in [6.45, 7) is 4.67. The lowest BCUT2D eigenvalue weighted by molar-refractivity contribution is -0.137. The normalized spacial score (nSPS) is 18.6. The first kappa shape index (κ1) is 23.3. The number of ether oxygens (including phenoxy) is 1. The van der Waals surface area contributed by atoms with E-state index in [1.807, 2.05) is 43.0 Å². The predicted octanol–water partition coefficient (Wildman–Crippen LogP) is 5.13.